The molecule has 0 unspecified atom stereocenters. The molecule has 2 heterocycles. The molecule has 1 aliphatic carbocycles. The quantitative estimate of drug-likeness (QED) is 0.873. The van der Waals surface area contributed by atoms with Crippen LogP contribution in [0.25, 0.3) is 0 Å². The Hall–Kier alpha value is -1.07. The normalized spacial score (nSPS) is 18.5. The molecule has 18 heavy (non-hydrogen) atoms. The lowest BCUT2D eigenvalue weighted by Crippen LogP contribution is -2.29. The van der Waals surface area contributed by atoms with Crippen molar-refractivity contribution in [1.82, 2.24) is 20.0 Å². The van der Waals surface area contributed by atoms with Crippen LogP contribution in [-0.2, 0) is 13.1 Å². The average Bonchev–Trinajstić information content (AvgIpc) is 3.13. The van der Waals surface area contributed by atoms with Gasteiger partial charge in [-0.1, -0.05) is 0 Å². The maximum absolute atomic E-state index is 12.2. The zero-order valence-electron chi connectivity index (χ0n) is 10.6. The van der Waals surface area contributed by atoms with Crippen molar-refractivity contribution >= 4 is 18.3 Å². The number of aryl methyl sites for hydroxylation is 1. The van der Waals surface area contributed by atoms with Crippen LogP contribution in [0, 0.1) is 0 Å². The molecule has 1 aromatic rings. The summed E-state index contributed by atoms with van der Waals surface area (Å²) < 4.78 is 1.97. The van der Waals surface area contributed by atoms with Crippen molar-refractivity contribution in [2.24, 2.45) is 0 Å². The van der Waals surface area contributed by atoms with Crippen LogP contribution in [0.15, 0.2) is 6.07 Å². The first-order valence-electron chi connectivity index (χ1n) is 6.30. The zero-order chi connectivity index (χ0) is 11.8. The second-order valence-electron chi connectivity index (χ2n) is 4.92. The Morgan fingerprint density at radius 2 is 2.33 bits per heavy atom. The molecule has 2 aliphatic rings. The molecule has 0 atom stereocenters. The van der Waals surface area contributed by atoms with E-state index in [4.69, 9.17) is 0 Å². The highest BCUT2D eigenvalue weighted by molar-refractivity contribution is 5.92. The van der Waals surface area contributed by atoms with Gasteiger partial charge in [0.1, 0.15) is 0 Å². The molecular weight excluding hydrogens is 252 g/mol. The van der Waals surface area contributed by atoms with Gasteiger partial charge in [-0.05, 0) is 31.9 Å². The number of nitrogens with one attached hydrogen (secondary N) is 1. The van der Waals surface area contributed by atoms with Crippen molar-refractivity contribution in [1.29, 1.82) is 0 Å². The van der Waals surface area contributed by atoms with Crippen LogP contribution in [0.4, 0.5) is 0 Å². The van der Waals surface area contributed by atoms with Crippen molar-refractivity contribution in [3.05, 3.63) is 17.5 Å². The number of aromatic nitrogens is 2. The molecular formula is C12H19ClN4O. The van der Waals surface area contributed by atoms with Crippen molar-refractivity contribution in [2.45, 2.75) is 38.4 Å². The Bertz CT molecular complexity index is 418. The zero-order valence-corrected chi connectivity index (χ0v) is 11.4. The SMILES string of the molecule is CN(C(=O)c1cc2n(n1)CCCNC2)C1CC1.Cl. The Balaban J connectivity index is 0.00000120. The lowest BCUT2D eigenvalue weighted by molar-refractivity contribution is 0.0778. The number of nitrogens with zero attached hydrogens (tertiary/aromatic N) is 3. The maximum Gasteiger partial charge on any atom is 0.274 e. The fourth-order valence-corrected chi connectivity index (χ4v) is 2.27. The minimum atomic E-state index is 0. The number of carbonyl (C=O) groups is 1. The first-order chi connectivity index (χ1) is 8.25. The summed E-state index contributed by atoms with van der Waals surface area (Å²) in [5.41, 5.74) is 1.72. The van der Waals surface area contributed by atoms with E-state index in [9.17, 15) is 4.79 Å². The summed E-state index contributed by atoms with van der Waals surface area (Å²) in [7, 11) is 1.88. The Labute approximate surface area is 113 Å². The molecule has 6 heteroatoms. The van der Waals surface area contributed by atoms with Crippen LogP contribution in [0.2, 0.25) is 0 Å². The predicted molar refractivity (Wildman–Crippen MR) is 70.9 cm³/mol. The third-order valence-corrected chi connectivity index (χ3v) is 3.53. The van der Waals surface area contributed by atoms with E-state index in [-0.39, 0.29) is 18.3 Å². The van der Waals surface area contributed by atoms with Crippen molar-refractivity contribution < 1.29 is 4.79 Å². The van der Waals surface area contributed by atoms with Gasteiger partial charge < -0.3 is 10.2 Å². The van der Waals surface area contributed by atoms with Gasteiger partial charge in [0, 0.05) is 26.2 Å². The van der Waals surface area contributed by atoms with Crippen molar-refractivity contribution in [3.63, 3.8) is 0 Å². The summed E-state index contributed by atoms with van der Waals surface area (Å²) in [6.07, 6.45) is 3.34. The number of amides is 1. The van der Waals surface area contributed by atoms with Crippen LogP contribution < -0.4 is 5.32 Å². The number of rotatable bonds is 2. The Kier molecular flexibility index (Phi) is 3.92. The molecule has 1 saturated carbocycles. The molecule has 5 nitrogen and oxygen atoms in total. The standard InChI is InChI=1S/C12H18N4O.ClH/c1-15(9-3-4-9)12(17)11-7-10-8-13-5-2-6-16(10)14-11;/h7,9,13H,2-6,8H2,1H3;1H. The van der Waals surface area contributed by atoms with Gasteiger partial charge in [-0.25, -0.2) is 0 Å². The lowest BCUT2D eigenvalue weighted by Gasteiger charge is -2.14. The molecule has 0 bridgehead atoms. The monoisotopic (exact) mass is 270 g/mol. The highest BCUT2D eigenvalue weighted by atomic mass is 35.5. The number of hydrogen-bond donors (Lipinski definition) is 1. The summed E-state index contributed by atoms with van der Waals surface area (Å²) in [5, 5.41) is 7.76. The fourth-order valence-electron chi connectivity index (χ4n) is 2.27. The van der Waals surface area contributed by atoms with E-state index in [0.29, 0.717) is 11.7 Å². The van der Waals surface area contributed by atoms with E-state index in [1.54, 1.807) is 0 Å². The molecule has 0 spiro atoms. The van der Waals surface area contributed by atoms with E-state index < -0.39 is 0 Å². The van der Waals surface area contributed by atoms with Gasteiger partial charge in [-0.15, -0.1) is 12.4 Å². The molecule has 1 fully saturated rings. The third kappa shape index (κ3) is 2.52. The van der Waals surface area contributed by atoms with Gasteiger partial charge in [0.2, 0.25) is 0 Å². The smallest absolute Gasteiger partial charge is 0.274 e. The topological polar surface area (TPSA) is 50.2 Å². The van der Waals surface area contributed by atoms with Gasteiger partial charge in [0.05, 0.1) is 5.69 Å². The molecule has 0 aromatic carbocycles. The minimum absolute atomic E-state index is 0. The van der Waals surface area contributed by atoms with Gasteiger partial charge >= 0.3 is 0 Å². The number of halogens is 1. The molecule has 1 aliphatic heterocycles. The molecule has 1 N–H and O–H groups in total. The third-order valence-electron chi connectivity index (χ3n) is 3.53. The second-order valence-corrected chi connectivity index (χ2v) is 4.92. The van der Waals surface area contributed by atoms with Crippen LogP contribution >= 0.6 is 12.4 Å². The molecule has 3 rings (SSSR count). The van der Waals surface area contributed by atoms with E-state index in [2.05, 4.69) is 10.4 Å². The highest BCUT2D eigenvalue weighted by Crippen LogP contribution is 2.26. The summed E-state index contributed by atoms with van der Waals surface area (Å²) in [4.78, 5) is 14.0. The lowest BCUT2D eigenvalue weighted by atomic mass is 10.3. The highest BCUT2D eigenvalue weighted by Gasteiger charge is 2.31. The average molecular weight is 271 g/mol. The van der Waals surface area contributed by atoms with E-state index >= 15 is 0 Å². The number of hydrogen-bond acceptors (Lipinski definition) is 3. The van der Waals surface area contributed by atoms with Crippen LogP contribution in [0.1, 0.15) is 35.4 Å². The van der Waals surface area contributed by atoms with E-state index in [1.807, 2.05) is 22.7 Å². The second kappa shape index (κ2) is 5.28. The minimum Gasteiger partial charge on any atom is -0.337 e. The predicted octanol–water partition coefficient (Wildman–Crippen LogP) is 1.03. The number of fused-ring (bicyclic) bond motifs is 1. The molecule has 100 valence electrons. The molecule has 0 saturated heterocycles. The van der Waals surface area contributed by atoms with Crippen LogP contribution in [0.5, 0.6) is 0 Å². The number of carbonyl (C=O) groups excluding carboxylic acids is 1. The van der Waals surface area contributed by atoms with Crippen LogP contribution in [0.3, 0.4) is 0 Å². The van der Waals surface area contributed by atoms with Crippen LogP contribution in [-0.4, -0.2) is 40.2 Å². The first-order valence-corrected chi connectivity index (χ1v) is 6.30. The largest absolute Gasteiger partial charge is 0.337 e. The molecule has 1 aromatic heterocycles. The van der Waals surface area contributed by atoms with E-state index in [0.717, 1.165) is 44.6 Å². The van der Waals surface area contributed by atoms with Crippen molar-refractivity contribution in [2.75, 3.05) is 13.6 Å². The van der Waals surface area contributed by atoms with Gasteiger partial charge in [0.15, 0.2) is 5.69 Å². The molecule has 0 radical (unpaired) electrons. The Morgan fingerprint density at radius 3 is 3.06 bits per heavy atom. The molecule has 1 amide bonds. The summed E-state index contributed by atoms with van der Waals surface area (Å²) in [6.45, 7) is 2.74. The van der Waals surface area contributed by atoms with E-state index in [1.165, 1.54) is 0 Å². The maximum atomic E-state index is 12.2. The van der Waals surface area contributed by atoms with Gasteiger partial charge in [-0.3, -0.25) is 9.48 Å². The first kappa shape index (κ1) is 13.4. The summed E-state index contributed by atoms with van der Waals surface area (Å²) in [6, 6.07) is 2.38. The van der Waals surface area contributed by atoms with Gasteiger partial charge in [0.25, 0.3) is 5.91 Å². The Morgan fingerprint density at radius 1 is 1.56 bits per heavy atom. The van der Waals surface area contributed by atoms with Gasteiger partial charge in [-0.2, -0.15) is 5.10 Å². The summed E-state index contributed by atoms with van der Waals surface area (Å²) >= 11 is 0. The summed E-state index contributed by atoms with van der Waals surface area (Å²) in [5.74, 6) is 0.0630. The fraction of sp³-hybridized carbons (Fsp3) is 0.667. The van der Waals surface area contributed by atoms with Crippen molar-refractivity contribution in [3.8, 4) is 0 Å².